The van der Waals surface area contributed by atoms with E-state index in [0.29, 0.717) is 41.0 Å². The molecule has 202 valence electrons. The maximum Gasteiger partial charge on any atom is 0.251 e. The highest BCUT2D eigenvalue weighted by molar-refractivity contribution is 5.98. The summed E-state index contributed by atoms with van der Waals surface area (Å²) in [5.41, 5.74) is 4.01. The van der Waals surface area contributed by atoms with Crippen molar-refractivity contribution < 1.29 is 9.59 Å². The Morgan fingerprint density at radius 1 is 0.692 bits per heavy atom. The van der Waals surface area contributed by atoms with E-state index < -0.39 is 0 Å². The van der Waals surface area contributed by atoms with Crippen molar-refractivity contribution in [3.63, 3.8) is 0 Å². The minimum absolute atomic E-state index is 0.0264. The molecule has 6 bridgehead atoms. The summed E-state index contributed by atoms with van der Waals surface area (Å²) in [6.07, 6.45) is 12.9. The average Bonchev–Trinajstić information content (AvgIpc) is 3.39. The van der Waals surface area contributed by atoms with E-state index in [1.165, 1.54) is 57.8 Å². The lowest BCUT2D eigenvalue weighted by atomic mass is 9.54. The molecule has 0 saturated heterocycles. The Bertz CT molecular complexity index is 1390. The van der Waals surface area contributed by atoms with Crippen molar-refractivity contribution in [3.8, 4) is 11.4 Å². The smallest absolute Gasteiger partial charge is 0.251 e. The molecule has 7 aliphatic carbocycles. The van der Waals surface area contributed by atoms with Gasteiger partial charge in [0.2, 0.25) is 0 Å². The molecule has 1 heterocycles. The number of rotatable bonds is 5. The van der Waals surface area contributed by atoms with Crippen LogP contribution in [0, 0.1) is 35.5 Å². The molecule has 0 radical (unpaired) electrons. The number of benzene rings is 2. The Kier molecular flexibility index (Phi) is 5.60. The molecule has 3 aromatic rings. The maximum atomic E-state index is 13.3. The average molecular weight is 523 g/mol. The van der Waals surface area contributed by atoms with Gasteiger partial charge in [-0.05, 0) is 117 Å². The molecular weight excluding hydrogens is 484 g/mol. The summed E-state index contributed by atoms with van der Waals surface area (Å²) in [7, 11) is 0. The number of carbonyl (C=O) groups is 2. The number of imidazole rings is 1. The van der Waals surface area contributed by atoms with E-state index in [0.717, 1.165) is 46.6 Å². The van der Waals surface area contributed by atoms with Gasteiger partial charge in [0.25, 0.3) is 11.8 Å². The van der Waals surface area contributed by atoms with Crippen LogP contribution in [0.15, 0.2) is 42.5 Å². The quantitative estimate of drug-likeness (QED) is 0.379. The molecule has 39 heavy (non-hydrogen) atoms. The van der Waals surface area contributed by atoms with Crippen molar-refractivity contribution in [1.82, 2.24) is 20.6 Å². The van der Waals surface area contributed by atoms with Gasteiger partial charge in [-0.2, -0.15) is 0 Å². The van der Waals surface area contributed by atoms with Gasteiger partial charge in [-0.3, -0.25) is 9.59 Å². The summed E-state index contributed by atoms with van der Waals surface area (Å²) in [5.74, 6) is 5.37. The monoisotopic (exact) mass is 522 g/mol. The lowest BCUT2D eigenvalue weighted by Crippen LogP contribution is -2.55. The Morgan fingerprint density at radius 3 is 2.03 bits per heavy atom. The third-order valence-corrected chi connectivity index (χ3v) is 11.1. The SMILES string of the molecule is O=C(NC1CC2CCC1CC2)c1ccc(-c2nc3ccc(C(=O)NC4C5CC6CC(C5)CC4C6)cc3[nH]2)cc1. The molecule has 7 fully saturated rings. The van der Waals surface area contributed by atoms with E-state index >= 15 is 0 Å². The van der Waals surface area contributed by atoms with Crippen LogP contribution in [0.5, 0.6) is 0 Å². The van der Waals surface area contributed by atoms with Crippen LogP contribution >= 0.6 is 0 Å². The van der Waals surface area contributed by atoms with Gasteiger partial charge >= 0.3 is 0 Å². The summed E-state index contributed by atoms with van der Waals surface area (Å²) < 4.78 is 0. The standard InChI is InChI=1S/C33H38N4O2/c38-32(36-28-16-18-1-3-21(28)4-2-18)23-7-5-22(6-8-23)31-34-27-10-9-24(17-29(27)35-31)33(39)37-30-25-12-19-11-20(14-25)15-26(30)13-19/h5-10,17-21,25-26,28,30H,1-4,11-16H2,(H,34,35)(H,36,38)(H,37,39). The van der Waals surface area contributed by atoms with E-state index in [-0.39, 0.29) is 11.8 Å². The van der Waals surface area contributed by atoms with Crippen LogP contribution in [0.2, 0.25) is 0 Å². The molecule has 2 aromatic carbocycles. The van der Waals surface area contributed by atoms with Gasteiger partial charge in [0.1, 0.15) is 5.82 Å². The largest absolute Gasteiger partial charge is 0.349 e. The minimum Gasteiger partial charge on any atom is -0.349 e. The van der Waals surface area contributed by atoms with Crippen LogP contribution < -0.4 is 10.6 Å². The highest BCUT2D eigenvalue weighted by Crippen LogP contribution is 2.53. The van der Waals surface area contributed by atoms with Gasteiger partial charge in [0.15, 0.2) is 0 Å². The predicted molar refractivity (Wildman–Crippen MR) is 151 cm³/mol. The first-order chi connectivity index (χ1) is 19.1. The third-order valence-electron chi connectivity index (χ3n) is 11.1. The van der Waals surface area contributed by atoms with Crippen molar-refractivity contribution in [2.45, 2.75) is 76.3 Å². The van der Waals surface area contributed by atoms with E-state index in [1.807, 2.05) is 42.5 Å². The zero-order valence-corrected chi connectivity index (χ0v) is 22.5. The molecule has 0 aliphatic heterocycles. The lowest BCUT2D eigenvalue weighted by Gasteiger charge is -2.54. The van der Waals surface area contributed by atoms with Crippen molar-refractivity contribution in [2.24, 2.45) is 35.5 Å². The number of nitrogens with zero attached hydrogens (tertiary/aromatic N) is 1. The molecule has 3 N–H and O–H groups in total. The zero-order valence-electron chi connectivity index (χ0n) is 22.5. The molecule has 10 rings (SSSR count). The van der Waals surface area contributed by atoms with Crippen LogP contribution in [0.25, 0.3) is 22.4 Å². The number of aromatic amines is 1. The van der Waals surface area contributed by atoms with Gasteiger partial charge in [-0.25, -0.2) is 4.98 Å². The molecule has 6 heteroatoms. The predicted octanol–water partition coefficient (Wildman–Crippen LogP) is 6.09. The normalized spacial score (nSPS) is 34.4. The van der Waals surface area contributed by atoms with Gasteiger partial charge in [-0.1, -0.05) is 25.0 Å². The van der Waals surface area contributed by atoms with Crippen LogP contribution in [0.3, 0.4) is 0 Å². The fraction of sp³-hybridized carbons (Fsp3) is 0.545. The van der Waals surface area contributed by atoms with Crippen LogP contribution in [-0.4, -0.2) is 33.9 Å². The first kappa shape index (κ1) is 23.7. The molecule has 7 aliphatic rings. The second-order valence-electron chi connectivity index (χ2n) is 13.4. The zero-order chi connectivity index (χ0) is 26.1. The Labute approximate surface area is 229 Å². The van der Waals surface area contributed by atoms with Gasteiger partial charge in [0, 0.05) is 28.8 Å². The second kappa shape index (κ2) is 9.21. The van der Waals surface area contributed by atoms with Crippen molar-refractivity contribution >= 4 is 22.8 Å². The lowest BCUT2D eigenvalue weighted by molar-refractivity contribution is -0.0119. The van der Waals surface area contributed by atoms with Crippen molar-refractivity contribution in [2.75, 3.05) is 0 Å². The van der Waals surface area contributed by atoms with Crippen molar-refractivity contribution in [3.05, 3.63) is 53.6 Å². The number of H-pyrrole nitrogens is 1. The Hall–Kier alpha value is -3.15. The topological polar surface area (TPSA) is 86.9 Å². The molecular formula is C33H38N4O2. The van der Waals surface area contributed by atoms with Gasteiger partial charge in [-0.15, -0.1) is 0 Å². The van der Waals surface area contributed by atoms with Gasteiger partial charge in [0.05, 0.1) is 11.0 Å². The second-order valence-corrected chi connectivity index (χ2v) is 13.4. The van der Waals surface area contributed by atoms with E-state index in [2.05, 4.69) is 15.6 Å². The molecule has 2 amide bonds. The summed E-state index contributed by atoms with van der Waals surface area (Å²) >= 11 is 0. The Morgan fingerprint density at radius 2 is 1.36 bits per heavy atom. The summed E-state index contributed by atoms with van der Waals surface area (Å²) in [6, 6.07) is 14.1. The van der Waals surface area contributed by atoms with E-state index in [1.54, 1.807) is 0 Å². The number of amides is 2. The molecule has 7 saturated carbocycles. The highest BCUT2D eigenvalue weighted by Gasteiger charge is 2.48. The Balaban J connectivity index is 0.952. The van der Waals surface area contributed by atoms with Crippen LogP contribution in [0.1, 0.15) is 84.9 Å². The number of nitrogens with one attached hydrogen (secondary N) is 3. The number of aromatic nitrogens is 2. The molecule has 1 unspecified atom stereocenters. The third kappa shape index (κ3) is 4.27. The van der Waals surface area contributed by atoms with Crippen molar-refractivity contribution in [1.29, 1.82) is 0 Å². The summed E-state index contributed by atoms with van der Waals surface area (Å²) in [5, 5.41) is 6.73. The highest BCUT2D eigenvalue weighted by atomic mass is 16.2. The number of carbonyl (C=O) groups excluding carboxylic acids is 2. The number of hydrogen-bond donors (Lipinski definition) is 3. The molecule has 0 spiro atoms. The first-order valence-electron chi connectivity index (χ1n) is 15.3. The van der Waals surface area contributed by atoms with Gasteiger partial charge < -0.3 is 15.6 Å². The van der Waals surface area contributed by atoms with E-state index in [9.17, 15) is 9.59 Å². The first-order valence-corrected chi connectivity index (χ1v) is 15.3. The fourth-order valence-electron chi connectivity index (χ4n) is 9.27. The summed E-state index contributed by atoms with van der Waals surface area (Å²) in [4.78, 5) is 34.4. The number of fused-ring (bicyclic) bond motifs is 4. The molecule has 1 atom stereocenters. The molecule has 6 nitrogen and oxygen atoms in total. The maximum absolute atomic E-state index is 13.3. The minimum atomic E-state index is 0.0264. The molecule has 1 aromatic heterocycles. The fourth-order valence-corrected chi connectivity index (χ4v) is 9.27. The number of hydrogen-bond acceptors (Lipinski definition) is 3. The van der Waals surface area contributed by atoms with E-state index in [4.69, 9.17) is 4.98 Å². The van der Waals surface area contributed by atoms with Crippen LogP contribution in [0.4, 0.5) is 0 Å². The van der Waals surface area contributed by atoms with Crippen LogP contribution in [-0.2, 0) is 0 Å². The summed E-state index contributed by atoms with van der Waals surface area (Å²) in [6.45, 7) is 0.